The van der Waals surface area contributed by atoms with E-state index in [-0.39, 0.29) is 17.9 Å². The summed E-state index contributed by atoms with van der Waals surface area (Å²) in [6, 6.07) is 9.74. The zero-order chi connectivity index (χ0) is 18.6. The Morgan fingerprint density at radius 3 is 2.44 bits per heavy atom. The van der Waals surface area contributed by atoms with Crippen molar-refractivity contribution < 1.29 is 14.3 Å². The third-order valence-electron chi connectivity index (χ3n) is 5.21. The molecule has 2 aliphatic heterocycles. The molecule has 27 heavy (non-hydrogen) atoms. The number of ether oxygens (including phenoxy) is 1. The van der Waals surface area contributed by atoms with Crippen LogP contribution < -0.4 is 0 Å². The molecule has 2 aliphatic rings. The number of amides is 2. The molecule has 1 aromatic heterocycles. The summed E-state index contributed by atoms with van der Waals surface area (Å²) in [6.07, 6.45) is 5.48. The summed E-state index contributed by atoms with van der Waals surface area (Å²) in [5.41, 5.74) is 1.95. The fraction of sp³-hybridized carbons (Fsp3) is 0.450. The highest BCUT2D eigenvalue weighted by Crippen LogP contribution is 2.16. The second kappa shape index (κ2) is 7.92. The lowest BCUT2D eigenvalue weighted by Gasteiger charge is -2.35. The molecule has 4 rings (SSSR count). The third kappa shape index (κ3) is 4.03. The molecule has 7 nitrogen and oxygen atoms in total. The molecule has 142 valence electrons. The van der Waals surface area contributed by atoms with Crippen LogP contribution in [-0.2, 0) is 20.7 Å². The van der Waals surface area contributed by atoms with Gasteiger partial charge in [0.2, 0.25) is 5.91 Å². The van der Waals surface area contributed by atoms with E-state index < -0.39 is 0 Å². The Morgan fingerprint density at radius 2 is 1.81 bits per heavy atom. The minimum absolute atomic E-state index is 0.0776. The molecule has 0 radical (unpaired) electrons. The van der Waals surface area contributed by atoms with E-state index in [9.17, 15) is 9.59 Å². The second-order valence-corrected chi connectivity index (χ2v) is 7.00. The summed E-state index contributed by atoms with van der Waals surface area (Å²) >= 11 is 0. The van der Waals surface area contributed by atoms with Crippen molar-refractivity contribution in [2.45, 2.75) is 25.4 Å². The molecule has 3 heterocycles. The van der Waals surface area contributed by atoms with Crippen molar-refractivity contribution in [2.75, 3.05) is 32.8 Å². The normalized spacial score (nSPS) is 20.1. The topological polar surface area (TPSA) is 67.7 Å². The minimum Gasteiger partial charge on any atom is -0.368 e. The van der Waals surface area contributed by atoms with E-state index in [1.54, 1.807) is 10.9 Å². The molecule has 0 N–H and O–H groups in total. The van der Waals surface area contributed by atoms with Crippen LogP contribution in [0.4, 0.5) is 0 Å². The van der Waals surface area contributed by atoms with Crippen LogP contribution in [0.2, 0.25) is 0 Å². The summed E-state index contributed by atoms with van der Waals surface area (Å²) in [4.78, 5) is 28.7. The van der Waals surface area contributed by atoms with E-state index in [0.717, 1.165) is 24.1 Å². The van der Waals surface area contributed by atoms with E-state index in [0.29, 0.717) is 39.2 Å². The fourth-order valence-corrected chi connectivity index (χ4v) is 3.63. The third-order valence-corrected chi connectivity index (χ3v) is 5.21. The Balaban J connectivity index is 1.28. The maximum atomic E-state index is 12.6. The van der Waals surface area contributed by atoms with Crippen LogP contribution in [0.5, 0.6) is 0 Å². The van der Waals surface area contributed by atoms with Crippen molar-refractivity contribution in [1.29, 1.82) is 0 Å². The van der Waals surface area contributed by atoms with Crippen molar-refractivity contribution >= 4 is 11.8 Å². The summed E-state index contributed by atoms with van der Waals surface area (Å²) in [5.74, 6) is 0.180. The molecule has 1 aromatic carbocycles. The average Bonchev–Trinajstić information content (AvgIpc) is 3.42. The molecule has 0 bridgehead atoms. The van der Waals surface area contributed by atoms with Gasteiger partial charge in [-0.25, -0.2) is 4.68 Å². The van der Waals surface area contributed by atoms with Gasteiger partial charge in [0.05, 0.1) is 12.1 Å². The number of carbonyl (C=O) groups excluding carboxylic acids is 2. The van der Waals surface area contributed by atoms with Crippen molar-refractivity contribution in [3.63, 3.8) is 0 Å². The van der Waals surface area contributed by atoms with Gasteiger partial charge in [0.15, 0.2) is 0 Å². The van der Waals surface area contributed by atoms with Crippen molar-refractivity contribution in [3.8, 4) is 5.69 Å². The molecule has 7 heteroatoms. The number of aromatic nitrogens is 2. The van der Waals surface area contributed by atoms with Crippen LogP contribution in [-0.4, -0.2) is 70.3 Å². The highest BCUT2D eigenvalue weighted by Gasteiger charge is 2.31. The van der Waals surface area contributed by atoms with Gasteiger partial charge in [0, 0.05) is 45.2 Å². The minimum atomic E-state index is -0.277. The molecule has 0 spiro atoms. The smallest absolute Gasteiger partial charge is 0.251 e. The van der Waals surface area contributed by atoms with Crippen LogP contribution in [0, 0.1) is 0 Å². The summed E-state index contributed by atoms with van der Waals surface area (Å²) in [6.45, 7) is 3.02. The van der Waals surface area contributed by atoms with Gasteiger partial charge in [-0.1, -0.05) is 12.1 Å². The Bertz CT molecular complexity index is 774. The predicted molar refractivity (Wildman–Crippen MR) is 99.4 cm³/mol. The maximum absolute atomic E-state index is 12.6. The van der Waals surface area contributed by atoms with Gasteiger partial charge in [-0.3, -0.25) is 9.59 Å². The molecule has 2 fully saturated rings. The average molecular weight is 368 g/mol. The predicted octanol–water partition coefficient (Wildman–Crippen LogP) is 1.26. The van der Waals surface area contributed by atoms with E-state index in [1.165, 1.54) is 0 Å². The van der Waals surface area contributed by atoms with Crippen molar-refractivity contribution in [2.24, 2.45) is 0 Å². The van der Waals surface area contributed by atoms with Gasteiger partial charge in [0.1, 0.15) is 6.10 Å². The quantitative estimate of drug-likeness (QED) is 0.815. The molecular formula is C20H24N4O3. The summed E-state index contributed by atoms with van der Waals surface area (Å²) in [7, 11) is 0. The molecule has 2 saturated heterocycles. The molecular weight excluding hydrogens is 344 g/mol. The van der Waals surface area contributed by atoms with E-state index in [4.69, 9.17) is 4.74 Å². The summed E-state index contributed by atoms with van der Waals surface area (Å²) < 4.78 is 7.27. The molecule has 2 aromatic rings. The van der Waals surface area contributed by atoms with Crippen LogP contribution in [0.25, 0.3) is 5.69 Å². The highest BCUT2D eigenvalue weighted by molar-refractivity contribution is 5.82. The first-order valence-corrected chi connectivity index (χ1v) is 9.48. The second-order valence-electron chi connectivity index (χ2n) is 7.00. The maximum Gasteiger partial charge on any atom is 0.251 e. The van der Waals surface area contributed by atoms with E-state index in [2.05, 4.69) is 5.10 Å². The SMILES string of the molecule is O=C(Cc1ccc(-n2cccn2)cc1)N1CCN(C(=O)C2CCCO2)CC1. The van der Waals surface area contributed by atoms with Crippen LogP contribution in [0.3, 0.4) is 0 Å². The van der Waals surface area contributed by atoms with Crippen LogP contribution in [0.15, 0.2) is 42.7 Å². The molecule has 2 amide bonds. The number of nitrogens with zero attached hydrogens (tertiary/aromatic N) is 4. The Labute approximate surface area is 158 Å². The first kappa shape index (κ1) is 17.7. The van der Waals surface area contributed by atoms with E-state index >= 15 is 0 Å². The first-order valence-electron chi connectivity index (χ1n) is 9.48. The van der Waals surface area contributed by atoms with Crippen LogP contribution >= 0.6 is 0 Å². The number of benzene rings is 1. The zero-order valence-electron chi connectivity index (χ0n) is 15.3. The fourth-order valence-electron chi connectivity index (χ4n) is 3.63. The van der Waals surface area contributed by atoms with Crippen LogP contribution in [0.1, 0.15) is 18.4 Å². The van der Waals surface area contributed by atoms with Gasteiger partial charge in [-0.2, -0.15) is 5.10 Å². The number of hydrogen-bond donors (Lipinski definition) is 0. The lowest BCUT2D eigenvalue weighted by Crippen LogP contribution is -2.53. The molecule has 0 saturated carbocycles. The standard InChI is InChI=1S/C20H24N4O3/c25-19(15-16-4-6-17(7-5-16)24-9-2-8-21-24)22-10-12-23(13-11-22)20(26)18-3-1-14-27-18/h2,4-9,18H,1,3,10-15H2. The molecule has 1 atom stereocenters. The lowest BCUT2D eigenvalue weighted by atomic mass is 10.1. The zero-order valence-corrected chi connectivity index (χ0v) is 15.3. The Hall–Kier alpha value is -2.67. The van der Waals surface area contributed by atoms with Gasteiger partial charge >= 0.3 is 0 Å². The monoisotopic (exact) mass is 368 g/mol. The van der Waals surface area contributed by atoms with Gasteiger partial charge < -0.3 is 14.5 Å². The number of hydrogen-bond acceptors (Lipinski definition) is 4. The van der Waals surface area contributed by atoms with Gasteiger partial charge in [-0.15, -0.1) is 0 Å². The Morgan fingerprint density at radius 1 is 1.07 bits per heavy atom. The number of carbonyl (C=O) groups is 2. The summed E-state index contributed by atoms with van der Waals surface area (Å²) in [5, 5.41) is 4.20. The lowest BCUT2D eigenvalue weighted by molar-refractivity contribution is -0.145. The van der Waals surface area contributed by atoms with Gasteiger partial charge in [0.25, 0.3) is 5.91 Å². The van der Waals surface area contributed by atoms with Gasteiger partial charge in [-0.05, 0) is 36.6 Å². The largest absolute Gasteiger partial charge is 0.368 e. The molecule has 0 aliphatic carbocycles. The molecule has 1 unspecified atom stereocenters. The Kier molecular flexibility index (Phi) is 5.20. The van der Waals surface area contributed by atoms with Crippen molar-refractivity contribution in [1.82, 2.24) is 19.6 Å². The van der Waals surface area contributed by atoms with E-state index in [1.807, 2.05) is 46.3 Å². The van der Waals surface area contributed by atoms with Crippen molar-refractivity contribution in [3.05, 3.63) is 48.3 Å². The number of piperazine rings is 1. The number of rotatable bonds is 4. The first-order chi connectivity index (χ1) is 13.2. The highest BCUT2D eigenvalue weighted by atomic mass is 16.5.